The Labute approximate surface area is 139 Å². The molecule has 24 heavy (non-hydrogen) atoms. The quantitative estimate of drug-likeness (QED) is 0.613. The molecule has 1 aromatic rings. The number of benzene rings is 1. The lowest BCUT2D eigenvalue weighted by Crippen LogP contribution is -2.47. The number of nitrogens with one attached hydrogen (secondary N) is 1. The lowest BCUT2D eigenvalue weighted by molar-refractivity contribution is -0.140. The fourth-order valence-electron chi connectivity index (χ4n) is 1.62. The second kappa shape index (κ2) is 8.09. The van der Waals surface area contributed by atoms with Crippen molar-refractivity contribution in [2.75, 3.05) is 0 Å². The predicted octanol–water partition coefficient (Wildman–Crippen LogP) is 1.14. The van der Waals surface area contributed by atoms with Gasteiger partial charge in [-0.05, 0) is 32.9 Å². The maximum atomic E-state index is 11.8. The van der Waals surface area contributed by atoms with Gasteiger partial charge in [-0.25, -0.2) is 9.59 Å². The molecule has 0 bridgehead atoms. The molecular weight excluding hydrogens is 316 g/mol. The molecular formula is C16H20N2O6. The Kier molecular flexibility index (Phi) is 6.46. The van der Waals surface area contributed by atoms with Gasteiger partial charge in [0.05, 0.1) is 12.0 Å². The highest BCUT2D eigenvalue weighted by molar-refractivity contribution is 5.98. The Balaban J connectivity index is 2.62. The molecule has 1 atom stereocenters. The van der Waals surface area contributed by atoms with Gasteiger partial charge >= 0.3 is 18.0 Å². The van der Waals surface area contributed by atoms with Crippen molar-refractivity contribution < 1.29 is 28.7 Å². The fraction of sp³-hybridized carbons (Fsp3) is 0.375. The van der Waals surface area contributed by atoms with Crippen molar-refractivity contribution in [1.82, 2.24) is 5.32 Å². The molecule has 0 aromatic heterocycles. The zero-order chi connectivity index (χ0) is 18.3. The highest BCUT2D eigenvalue weighted by atomic mass is 16.6. The van der Waals surface area contributed by atoms with Crippen molar-refractivity contribution in [2.45, 2.75) is 38.8 Å². The van der Waals surface area contributed by atoms with Crippen molar-refractivity contribution in [3.63, 3.8) is 0 Å². The van der Waals surface area contributed by atoms with Gasteiger partial charge < -0.3 is 20.5 Å². The molecule has 0 saturated carbocycles. The molecule has 0 fully saturated rings. The topological polar surface area (TPSA) is 125 Å². The van der Waals surface area contributed by atoms with E-state index in [9.17, 15) is 19.2 Å². The molecule has 2 amide bonds. The lowest BCUT2D eigenvalue weighted by Gasteiger charge is -2.21. The lowest BCUT2D eigenvalue weighted by atomic mass is 10.2. The third-order valence-corrected chi connectivity index (χ3v) is 2.62. The molecule has 0 radical (unpaired) electrons. The summed E-state index contributed by atoms with van der Waals surface area (Å²) < 4.78 is 9.60. The predicted molar refractivity (Wildman–Crippen MR) is 83.8 cm³/mol. The van der Waals surface area contributed by atoms with E-state index in [1.165, 1.54) is 12.1 Å². The number of rotatable bonds is 5. The Morgan fingerprint density at radius 2 is 1.71 bits per heavy atom. The fourth-order valence-corrected chi connectivity index (χ4v) is 1.62. The molecule has 0 spiro atoms. The zero-order valence-corrected chi connectivity index (χ0v) is 13.7. The van der Waals surface area contributed by atoms with Gasteiger partial charge in [-0.1, -0.05) is 18.2 Å². The van der Waals surface area contributed by atoms with Crippen molar-refractivity contribution in [3.8, 4) is 0 Å². The minimum absolute atomic E-state index is 0.182. The Bertz CT molecular complexity index is 621. The van der Waals surface area contributed by atoms with E-state index in [4.69, 9.17) is 10.5 Å². The first-order chi connectivity index (χ1) is 11.1. The summed E-state index contributed by atoms with van der Waals surface area (Å²) in [5.41, 5.74) is 4.54. The number of amides is 2. The largest absolute Gasteiger partial charge is 0.444 e. The molecule has 1 aromatic carbocycles. The number of hydrogen-bond donors (Lipinski definition) is 2. The average Bonchev–Trinajstić information content (AvgIpc) is 2.45. The van der Waals surface area contributed by atoms with Gasteiger partial charge in [0, 0.05) is 0 Å². The molecule has 0 aliphatic carbocycles. The summed E-state index contributed by atoms with van der Waals surface area (Å²) >= 11 is 0. The summed E-state index contributed by atoms with van der Waals surface area (Å²) in [6.07, 6.45) is -1.50. The first-order valence-corrected chi connectivity index (χ1v) is 7.17. The van der Waals surface area contributed by atoms with Gasteiger partial charge in [0.2, 0.25) is 5.91 Å². The van der Waals surface area contributed by atoms with Crippen LogP contribution in [-0.2, 0) is 19.1 Å². The molecule has 0 aliphatic rings. The number of carbonyl (C=O) groups is 4. The molecule has 130 valence electrons. The van der Waals surface area contributed by atoms with Crippen LogP contribution in [-0.4, -0.2) is 35.6 Å². The van der Waals surface area contributed by atoms with Gasteiger partial charge in [0.25, 0.3) is 0 Å². The Morgan fingerprint density at radius 1 is 1.12 bits per heavy atom. The maximum absolute atomic E-state index is 11.8. The summed E-state index contributed by atoms with van der Waals surface area (Å²) in [7, 11) is 0. The molecule has 1 rings (SSSR count). The highest BCUT2D eigenvalue weighted by Gasteiger charge is 2.26. The number of carbonyl (C=O) groups excluding carboxylic acids is 4. The molecule has 0 unspecified atom stereocenters. The molecule has 3 N–H and O–H groups in total. The first-order valence-electron chi connectivity index (χ1n) is 7.17. The second-order valence-electron chi connectivity index (χ2n) is 5.93. The smallest absolute Gasteiger partial charge is 0.408 e. The van der Waals surface area contributed by atoms with E-state index >= 15 is 0 Å². The molecule has 8 heteroatoms. The van der Waals surface area contributed by atoms with Crippen molar-refractivity contribution >= 4 is 23.9 Å². The van der Waals surface area contributed by atoms with E-state index < -0.39 is 42.0 Å². The summed E-state index contributed by atoms with van der Waals surface area (Å²) in [4.78, 5) is 46.5. The van der Waals surface area contributed by atoms with Gasteiger partial charge in [0.1, 0.15) is 11.6 Å². The van der Waals surface area contributed by atoms with E-state index in [2.05, 4.69) is 10.1 Å². The average molecular weight is 336 g/mol. The normalized spacial score (nSPS) is 12.0. The Hall–Kier alpha value is -2.90. The van der Waals surface area contributed by atoms with Crippen LogP contribution >= 0.6 is 0 Å². The Morgan fingerprint density at radius 3 is 2.21 bits per heavy atom. The van der Waals surface area contributed by atoms with Gasteiger partial charge in [0.15, 0.2) is 0 Å². The van der Waals surface area contributed by atoms with Crippen LogP contribution in [0.25, 0.3) is 0 Å². The highest BCUT2D eigenvalue weighted by Crippen LogP contribution is 2.08. The molecule has 8 nitrogen and oxygen atoms in total. The monoisotopic (exact) mass is 336 g/mol. The number of ether oxygens (including phenoxy) is 2. The third-order valence-electron chi connectivity index (χ3n) is 2.62. The van der Waals surface area contributed by atoms with E-state index in [0.29, 0.717) is 0 Å². The van der Waals surface area contributed by atoms with Crippen LogP contribution in [0.2, 0.25) is 0 Å². The van der Waals surface area contributed by atoms with Crippen molar-refractivity contribution in [3.05, 3.63) is 35.9 Å². The standard InChI is InChI=1S/C16H20N2O6/c1-16(2,3)24-15(22)18-11(13(17)20)9-12(19)23-14(21)10-7-5-4-6-8-10/h4-8,11H,9H2,1-3H3,(H2,17,20)(H,18,22)/t11-/m0/s1. The van der Waals surface area contributed by atoms with Crippen molar-refractivity contribution in [2.24, 2.45) is 5.73 Å². The number of primary amides is 1. The number of hydrogen-bond acceptors (Lipinski definition) is 6. The summed E-state index contributed by atoms with van der Waals surface area (Å²) in [5, 5.41) is 2.17. The zero-order valence-electron chi connectivity index (χ0n) is 13.7. The summed E-state index contributed by atoms with van der Waals surface area (Å²) in [6, 6.07) is 6.51. The van der Waals surface area contributed by atoms with Crippen LogP contribution in [0.15, 0.2) is 30.3 Å². The summed E-state index contributed by atoms with van der Waals surface area (Å²) in [6.45, 7) is 4.91. The number of esters is 2. The summed E-state index contributed by atoms with van der Waals surface area (Å²) in [5.74, 6) is -2.81. The van der Waals surface area contributed by atoms with E-state index in [1.807, 2.05) is 0 Å². The molecule has 0 aliphatic heterocycles. The van der Waals surface area contributed by atoms with Crippen LogP contribution < -0.4 is 11.1 Å². The SMILES string of the molecule is CC(C)(C)OC(=O)N[C@@H](CC(=O)OC(=O)c1ccccc1)C(N)=O. The van der Waals surface area contributed by atoms with E-state index in [-0.39, 0.29) is 5.56 Å². The second-order valence-corrected chi connectivity index (χ2v) is 5.93. The number of nitrogens with two attached hydrogens (primary N) is 1. The van der Waals surface area contributed by atoms with Gasteiger partial charge in [-0.3, -0.25) is 9.59 Å². The van der Waals surface area contributed by atoms with Crippen LogP contribution in [0.5, 0.6) is 0 Å². The number of alkyl carbamates (subject to hydrolysis) is 1. The van der Waals surface area contributed by atoms with Crippen LogP contribution in [0.4, 0.5) is 4.79 Å². The van der Waals surface area contributed by atoms with E-state index in [1.54, 1.807) is 39.0 Å². The minimum Gasteiger partial charge on any atom is -0.444 e. The van der Waals surface area contributed by atoms with E-state index in [0.717, 1.165) is 0 Å². The molecule has 0 heterocycles. The maximum Gasteiger partial charge on any atom is 0.408 e. The van der Waals surface area contributed by atoms with Crippen LogP contribution in [0, 0.1) is 0 Å². The first kappa shape index (κ1) is 19.1. The van der Waals surface area contributed by atoms with Gasteiger partial charge in [-0.15, -0.1) is 0 Å². The van der Waals surface area contributed by atoms with Crippen molar-refractivity contribution in [1.29, 1.82) is 0 Å². The molecule has 0 saturated heterocycles. The van der Waals surface area contributed by atoms with Gasteiger partial charge in [-0.2, -0.15) is 0 Å². The van der Waals surface area contributed by atoms with Crippen LogP contribution in [0.3, 0.4) is 0 Å². The third kappa shape index (κ3) is 6.91. The van der Waals surface area contributed by atoms with Crippen LogP contribution in [0.1, 0.15) is 37.6 Å². The minimum atomic E-state index is -1.35.